The Kier molecular flexibility index (Phi) is 3.09. The predicted molar refractivity (Wildman–Crippen MR) is 64.6 cm³/mol. The van der Waals surface area contributed by atoms with Crippen molar-refractivity contribution < 1.29 is 14.7 Å². The Labute approximate surface area is 103 Å². The fraction of sp³-hybridized carbons (Fsp3) is 0.0833. The molecule has 6 heteroatoms. The van der Waals surface area contributed by atoms with Crippen LogP contribution in [0.5, 0.6) is 0 Å². The minimum atomic E-state index is -1.02. The van der Waals surface area contributed by atoms with Gasteiger partial charge in [0.25, 0.3) is 5.91 Å². The molecule has 1 amide bonds. The van der Waals surface area contributed by atoms with E-state index in [1.165, 1.54) is 24.3 Å². The maximum atomic E-state index is 11.8. The van der Waals surface area contributed by atoms with Gasteiger partial charge in [-0.15, -0.1) is 0 Å². The summed E-state index contributed by atoms with van der Waals surface area (Å²) in [5, 5.41) is 15.4. The summed E-state index contributed by atoms with van der Waals surface area (Å²) in [6.07, 6.45) is 1.71. The molecule has 1 aromatic heterocycles. The van der Waals surface area contributed by atoms with Gasteiger partial charge >= 0.3 is 5.97 Å². The van der Waals surface area contributed by atoms with Gasteiger partial charge in [0.2, 0.25) is 0 Å². The number of aryl methyl sites for hydroxylation is 1. The fourth-order valence-electron chi connectivity index (χ4n) is 1.43. The first-order valence-corrected chi connectivity index (χ1v) is 5.20. The van der Waals surface area contributed by atoms with Crippen molar-refractivity contribution in [2.45, 2.75) is 0 Å². The number of nitrogens with one attached hydrogen (secondary N) is 1. The van der Waals surface area contributed by atoms with Gasteiger partial charge in [0.05, 0.1) is 5.56 Å². The molecule has 0 aliphatic carbocycles. The number of aromatic nitrogens is 2. The lowest BCUT2D eigenvalue weighted by Crippen LogP contribution is -2.12. The van der Waals surface area contributed by atoms with Crippen LogP contribution in [0.4, 0.5) is 5.82 Å². The number of rotatable bonds is 3. The van der Waals surface area contributed by atoms with Crippen LogP contribution in [0.1, 0.15) is 20.7 Å². The number of anilines is 1. The Morgan fingerprint density at radius 1 is 1.17 bits per heavy atom. The second-order valence-corrected chi connectivity index (χ2v) is 3.71. The number of carbonyl (C=O) groups is 2. The second-order valence-electron chi connectivity index (χ2n) is 3.71. The lowest BCUT2D eigenvalue weighted by Gasteiger charge is -2.02. The number of amides is 1. The number of benzene rings is 1. The van der Waals surface area contributed by atoms with Crippen molar-refractivity contribution in [2.75, 3.05) is 5.32 Å². The summed E-state index contributed by atoms with van der Waals surface area (Å²) in [4.78, 5) is 22.5. The van der Waals surface area contributed by atoms with Crippen molar-refractivity contribution in [3.8, 4) is 0 Å². The number of aromatic carboxylic acids is 1. The zero-order chi connectivity index (χ0) is 13.1. The predicted octanol–water partition coefficient (Wildman–Crippen LogP) is 1.37. The molecule has 2 N–H and O–H groups in total. The van der Waals surface area contributed by atoms with Gasteiger partial charge in [-0.2, -0.15) is 5.10 Å². The quantitative estimate of drug-likeness (QED) is 0.855. The zero-order valence-corrected chi connectivity index (χ0v) is 9.62. The molecule has 0 aliphatic heterocycles. The minimum Gasteiger partial charge on any atom is -0.478 e. The molecule has 6 nitrogen and oxygen atoms in total. The van der Waals surface area contributed by atoms with Gasteiger partial charge < -0.3 is 10.4 Å². The van der Waals surface area contributed by atoms with E-state index in [1.54, 1.807) is 24.0 Å². The summed E-state index contributed by atoms with van der Waals surface area (Å²) in [7, 11) is 1.75. The number of hydrogen-bond acceptors (Lipinski definition) is 3. The standard InChI is InChI=1S/C12H11N3O3/c1-15-7-6-10(14-15)13-11(16)8-2-4-9(5-3-8)12(17)18/h2-7H,1H3,(H,17,18)(H,13,14,16). The number of carbonyl (C=O) groups excluding carboxylic acids is 1. The smallest absolute Gasteiger partial charge is 0.335 e. The van der Waals surface area contributed by atoms with E-state index in [9.17, 15) is 9.59 Å². The van der Waals surface area contributed by atoms with Crippen LogP contribution in [-0.2, 0) is 7.05 Å². The summed E-state index contributed by atoms with van der Waals surface area (Å²) in [6, 6.07) is 7.36. The number of carboxylic acid groups (broad SMARTS) is 1. The molecule has 0 aliphatic rings. The molecule has 18 heavy (non-hydrogen) atoms. The monoisotopic (exact) mass is 245 g/mol. The molecule has 0 fully saturated rings. The highest BCUT2D eigenvalue weighted by atomic mass is 16.4. The Bertz CT molecular complexity index is 587. The molecule has 0 bridgehead atoms. The number of nitrogens with zero attached hydrogens (tertiary/aromatic N) is 2. The molecule has 2 rings (SSSR count). The van der Waals surface area contributed by atoms with Crippen LogP contribution < -0.4 is 5.32 Å². The Hall–Kier alpha value is -2.63. The lowest BCUT2D eigenvalue weighted by molar-refractivity contribution is 0.0696. The van der Waals surface area contributed by atoms with E-state index in [1.807, 2.05) is 0 Å². The SMILES string of the molecule is Cn1ccc(NC(=O)c2ccc(C(=O)O)cc2)n1. The van der Waals surface area contributed by atoms with Gasteiger partial charge in [-0.25, -0.2) is 4.79 Å². The molecule has 0 spiro atoms. The Balaban J connectivity index is 2.11. The lowest BCUT2D eigenvalue weighted by atomic mass is 10.1. The van der Waals surface area contributed by atoms with Crippen LogP contribution in [0.25, 0.3) is 0 Å². The first-order valence-electron chi connectivity index (χ1n) is 5.20. The van der Waals surface area contributed by atoms with Gasteiger partial charge in [0.1, 0.15) is 0 Å². The van der Waals surface area contributed by atoms with Crippen molar-refractivity contribution in [3.05, 3.63) is 47.7 Å². The molecule has 1 heterocycles. The molecule has 0 saturated heterocycles. The van der Waals surface area contributed by atoms with Crippen molar-refractivity contribution in [1.82, 2.24) is 9.78 Å². The highest BCUT2D eigenvalue weighted by Crippen LogP contribution is 2.08. The van der Waals surface area contributed by atoms with Crippen LogP contribution >= 0.6 is 0 Å². The van der Waals surface area contributed by atoms with E-state index in [-0.39, 0.29) is 11.5 Å². The van der Waals surface area contributed by atoms with E-state index in [4.69, 9.17) is 5.11 Å². The summed E-state index contributed by atoms with van der Waals surface area (Å²) in [5.74, 6) is -0.901. The van der Waals surface area contributed by atoms with Gasteiger partial charge in [-0.3, -0.25) is 9.48 Å². The van der Waals surface area contributed by atoms with Crippen LogP contribution in [0, 0.1) is 0 Å². The number of carboxylic acids is 1. The molecular weight excluding hydrogens is 234 g/mol. The van der Waals surface area contributed by atoms with E-state index in [2.05, 4.69) is 10.4 Å². The maximum Gasteiger partial charge on any atom is 0.335 e. The van der Waals surface area contributed by atoms with Gasteiger partial charge in [-0.1, -0.05) is 0 Å². The van der Waals surface area contributed by atoms with Crippen molar-refractivity contribution >= 4 is 17.7 Å². The molecule has 2 aromatic rings. The molecule has 0 atom stereocenters. The topological polar surface area (TPSA) is 84.2 Å². The summed E-state index contributed by atoms with van der Waals surface area (Å²) >= 11 is 0. The second kappa shape index (κ2) is 4.70. The summed E-state index contributed by atoms with van der Waals surface area (Å²) in [5.41, 5.74) is 0.523. The Morgan fingerprint density at radius 3 is 2.28 bits per heavy atom. The first kappa shape index (κ1) is 11.8. The largest absolute Gasteiger partial charge is 0.478 e. The minimum absolute atomic E-state index is 0.143. The average molecular weight is 245 g/mol. The zero-order valence-electron chi connectivity index (χ0n) is 9.62. The van der Waals surface area contributed by atoms with Crippen LogP contribution in [0.2, 0.25) is 0 Å². The van der Waals surface area contributed by atoms with E-state index in [0.29, 0.717) is 11.4 Å². The van der Waals surface area contributed by atoms with Gasteiger partial charge in [0, 0.05) is 24.9 Å². The van der Waals surface area contributed by atoms with Crippen LogP contribution in [-0.4, -0.2) is 26.8 Å². The molecule has 0 saturated carbocycles. The fourth-order valence-corrected chi connectivity index (χ4v) is 1.43. The Morgan fingerprint density at radius 2 is 1.78 bits per heavy atom. The van der Waals surface area contributed by atoms with Gasteiger partial charge in [-0.05, 0) is 24.3 Å². The first-order chi connectivity index (χ1) is 8.56. The van der Waals surface area contributed by atoms with Crippen molar-refractivity contribution in [1.29, 1.82) is 0 Å². The average Bonchev–Trinajstić information content (AvgIpc) is 2.75. The van der Waals surface area contributed by atoms with Gasteiger partial charge in [0.15, 0.2) is 5.82 Å². The van der Waals surface area contributed by atoms with Crippen molar-refractivity contribution in [2.24, 2.45) is 7.05 Å². The van der Waals surface area contributed by atoms with Crippen LogP contribution in [0.3, 0.4) is 0 Å². The molecular formula is C12H11N3O3. The van der Waals surface area contributed by atoms with E-state index >= 15 is 0 Å². The summed E-state index contributed by atoms with van der Waals surface area (Å²) < 4.78 is 1.57. The molecule has 1 aromatic carbocycles. The third-order valence-corrected chi connectivity index (χ3v) is 2.35. The molecule has 0 radical (unpaired) electrons. The maximum absolute atomic E-state index is 11.8. The highest BCUT2D eigenvalue weighted by Gasteiger charge is 2.09. The van der Waals surface area contributed by atoms with E-state index < -0.39 is 5.97 Å². The molecule has 92 valence electrons. The molecule has 0 unspecified atom stereocenters. The van der Waals surface area contributed by atoms with Crippen LogP contribution in [0.15, 0.2) is 36.5 Å². The van der Waals surface area contributed by atoms with Crippen molar-refractivity contribution in [3.63, 3.8) is 0 Å². The summed E-state index contributed by atoms with van der Waals surface area (Å²) in [6.45, 7) is 0. The third kappa shape index (κ3) is 2.54. The third-order valence-electron chi connectivity index (χ3n) is 2.35. The highest BCUT2D eigenvalue weighted by molar-refractivity contribution is 6.04. The number of hydrogen-bond donors (Lipinski definition) is 2. The van der Waals surface area contributed by atoms with E-state index in [0.717, 1.165) is 0 Å². The normalized spacial score (nSPS) is 10.1.